The molecule has 0 spiro atoms. The summed E-state index contributed by atoms with van der Waals surface area (Å²) in [5.41, 5.74) is 0. The van der Waals surface area contributed by atoms with Crippen molar-refractivity contribution in [2.45, 2.75) is 39.0 Å². The van der Waals surface area contributed by atoms with Crippen molar-refractivity contribution in [1.82, 2.24) is 0 Å². The van der Waals surface area contributed by atoms with Gasteiger partial charge in [-0.15, -0.1) is 0 Å². The van der Waals surface area contributed by atoms with E-state index in [1.54, 1.807) is 0 Å². The molecule has 0 N–H and O–H groups in total. The van der Waals surface area contributed by atoms with Crippen LogP contribution in [0.3, 0.4) is 0 Å². The van der Waals surface area contributed by atoms with Crippen molar-refractivity contribution in [3.63, 3.8) is 0 Å². The Morgan fingerprint density at radius 3 is 1.41 bits per heavy atom. The summed E-state index contributed by atoms with van der Waals surface area (Å²) < 4.78 is 4.16. The summed E-state index contributed by atoms with van der Waals surface area (Å²) in [4.78, 5) is 13.9. The van der Waals surface area contributed by atoms with Crippen LogP contribution < -0.4 is 13.2 Å². The molecule has 0 amide bonds. The van der Waals surface area contributed by atoms with Crippen molar-refractivity contribution >= 4 is 31.1 Å². The molecule has 138 valence electrons. The first-order valence-corrected chi connectivity index (χ1v) is 14.2. The Labute approximate surface area is 165 Å². The second kappa shape index (κ2) is 9.71. The molecule has 0 bridgehead atoms. The topological polar surface area (TPSA) is 17.1 Å². The summed E-state index contributed by atoms with van der Waals surface area (Å²) in [6.45, 7) is 2.21. The fourth-order valence-corrected chi connectivity index (χ4v) is 13.6. The molecule has 0 unspecified atom stereocenters. The van der Waals surface area contributed by atoms with Gasteiger partial charge in [0.2, 0.25) is 0 Å². The van der Waals surface area contributed by atoms with Gasteiger partial charge in [-0.2, -0.15) is 0 Å². The van der Waals surface area contributed by atoms with Gasteiger partial charge < -0.3 is 0 Å². The van der Waals surface area contributed by atoms with E-state index >= 15 is 0 Å². The Hall–Kier alpha value is -2.13. The van der Waals surface area contributed by atoms with Gasteiger partial charge in [-0.05, 0) is 0 Å². The van der Waals surface area contributed by atoms with E-state index in [1.807, 2.05) is 18.2 Å². The summed E-state index contributed by atoms with van der Waals surface area (Å²) in [6, 6.07) is 31.6. The van der Waals surface area contributed by atoms with Crippen LogP contribution in [0, 0.1) is 0 Å². The van der Waals surface area contributed by atoms with E-state index in [0.717, 1.165) is 12.8 Å². The van der Waals surface area contributed by atoms with E-state index in [9.17, 15) is 4.79 Å². The van der Waals surface area contributed by atoms with Gasteiger partial charge in [-0.3, -0.25) is 0 Å². The summed E-state index contributed by atoms with van der Waals surface area (Å²) in [5.74, 6) is 0. The van der Waals surface area contributed by atoms with Crippen LogP contribution in [0.2, 0.25) is 0 Å². The summed E-state index contributed by atoms with van der Waals surface area (Å²) in [6.07, 6.45) is 5.20. The Bertz CT molecular complexity index is 731. The third-order valence-electron chi connectivity index (χ3n) is 5.30. The molecule has 0 aliphatic carbocycles. The number of hydrogen-bond donors (Lipinski definition) is 0. The van der Waals surface area contributed by atoms with E-state index in [4.69, 9.17) is 0 Å². The van der Waals surface area contributed by atoms with Crippen LogP contribution in [-0.4, -0.2) is 17.9 Å². The number of hydrogen-bond acceptors (Lipinski definition) is 1. The van der Waals surface area contributed by atoms with Crippen LogP contribution in [0.15, 0.2) is 91.0 Å². The average Bonchev–Trinajstić information content (AvgIpc) is 2.74. The normalized spacial score (nSPS) is 11.3. The summed E-state index contributed by atoms with van der Waals surface area (Å²) in [7, 11) is 0. The van der Waals surface area contributed by atoms with Crippen LogP contribution in [0.4, 0.5) is 0 Å². The van der Waals surface area contributed by atoms with Crippen molar-refractivity contribution in [3.8, 4) is 0 Å². The molecule has 1 nitrogen and oxygen atoms in total. The van der Waals surface area contributed by atoms with Gasteiger partial charge >= 0.3 is 166 Å². The Balaban J connectivity index is 2.15. The molecule has 27 heavy (non-hydrogen) atoms. The van der Waals surface area contributed by atoms with Gasteiger partial charge in [0.25, 0.3) is 0 Å². The first kappa shape index (κ1) is 19.6. The van der Waals surface area contributed by atoms with Crippen molar-refractivity contribution in [2.75, 3.05) is 0 Å². The van der Waals surface area contributed by atoms with Crippen LogP contribution >= 0.6 is 0 Å². The zero-order valence-corrected chi connectivity index (χ0v) is 18.2. The fourth-order valence-electron chi connectivity index (χ4n) is 3.95. The SMILES string of the molecule is CCCCCC[C](=O)[Ge]([c]1ccccc1)([c]1ccccc1)[c]1ccccc1. The predicted octanol–water partition coefficient (Wildman–Crippen LogP) is 4.24. The molecule has 0 heterocycles. The van der Waals surface area contributed by atoms with Gasteiger partial charge in [-0.1, -0.05) is 0 Å². The minimum atomic E-state index is -3.42. The third kappa shape index (κ3) is 4.24. The Morgan fingerprint density at radius 2 is 1.04 bits per heavy atom. The molecule has 0 fully saturated rings. The zero-order chi connectivity index (χ0) is 19.0. The summed E-state index contributed by atoms with van der Waals surface area (Å²) in [5, 5.41) is 0. The first-order chi connectivity index (χ1) is 13.3. The summed E-state index contributed by atoms with van der Waals surface area (Å²) >= 11 is -3.42. The van der Waals surface area contributed by atoms with Crippen LogP contribution in [0.1, 0.15) is 39.0 Å². The van der Waals surface area contributed by atoms with E-state index in [1.165, 1.54) is 26.0 Å². The maximum atomic E-state index is 13.9. The van der Waals surface area contributed by atoms with Gasteiger partial charge in [0.1, 0.15) is 0 Å². The van der Waals surface area contributed by atoms with Crippen LogP contribution in [0.25, 0.3) is 0 Å². The van der Waals surface area contributed by atoms with Gasteiger partial charge in [0.05, 0.1) is 0 Å². The van der Waals surface area contributed by atoms with Crippen molar-refractivity contribution in [1.29, 1.82) is 0 Å². The van der Waals surface area contributed by atoms with Gasteiger partial charge in [-0.25, -0.2) is 0 Å². The number of unbranched alkanes of at least 4 members (excludes halogenated alkanes) is 3. The van der Waals surface area contributed by atoms with Crippen molar-refractivity contribution < 1.29 is 4.79 Å². The molecule has 2 heteroatoms. The number of benzene rings is 3. The monoisotopic (exact) mass is 418 g/mol. The molecule has 3 rings (SSSR count). The van der Waals surface area contributed by atoms with E-state index in [2.05, 4.69) is 79.7 Å². The van der Waals surface area contributed by atoms with Crippen molar-refractivity contribution in [2.24, 2.45) is 0 Å². The molecular formula is C25H28GeO. The molecule has 0 aliphatic heterocycles. The second-order valence-corrected chi connectivity index (χ2v) is 15.0. The van der Waals surface area contributed by atoms with E-state index < -0.39 is 13.3 Å². The number of carbonyl (C=O) groups excluding carboxylic acids is 1. The number of rotatable bonds is 9. The molecule has 0 saturated carbocycles. The van der Waals surface area contributed by atoms with Crippen LogP contribution in [0.5, 0.6) is 0 Å². The van der Waals surface area contributed by atoms with Gasteiger partial charge in [0, 0.05) is 0 Å². The quantitative estimate of drug-likeness (QED) is 0.376. The molecule has 0 radical (unpaired) electrons. The maximum absolute atomic E-state index is 13.9. The predicted molar refractivity (Wildman–Crippen MR) is 118 cm³/mol. The molecular weight excluding hydrogens is 389 g/mol. The molecule has 3 aromatic rings. The minimum absolute atomic E-state index is 0.467. The fraction of sp³-hybridized carbons (Fsp3) is 0.240. The average molecular weight is 417 g/mol. The Kier molecular flexibility index (Phi) is 7.06. The standard InChI is InChI=1S/C25H28GeO/c1-2-3-4-14-21-25(27)26(22-15-8-5-9-16-22,23-17-10-6-11-18-23)24-19-12-7-13-20-24/h5-13,15-20H,2-4,14,21H2,1H3. The molecule has 0 atom stereocenters. The molecule has 0 saturated heterocycles. The van der Waals surface area contributed by atoms with E-state index in [-0.39, 0.29) is 0 Å². The third-order valence-corrected chi connectivity index (χ3v) is 15.1. The zero-order valence-electron chi connectivity index (χ0n) is 16.1. The second-order valence-electron chi connectivity index (χ2n) is 7.08. The Morgan fingerprint density at radius 1 is 0.630 bits per heavy atom. The van der Waals surface area contributed by atoms with E-state index in [0.29, 0.717) is 11.0 Å². The van der Waals surface area contributed by atoms with Gasteiger partial charge in [0.15, 0.2) is 0 Å². The number of carbonyl (C=O) groups is 1. The molecule has 0 aliphatic rings. The van der Waals surface area contributed by atoms with Crippen LogP contribution in [-0.2, 0) is 4.79 Å². The van der Waals surface area contributed by atoms with Crippen molar-refractivity contribution in [3.05, 3.63) is 91.0 Å². The first-order valence-electron chi connectivity index (χ1n) is 10.00. The molecule has 0 aromatic heterocycles. The molecule has 3 aromatic carbocycles.